The molecule has 98 valence electrons. The Kier molecular flexibility index (Phi) is 3.66. The van der Waals surface area contributed by atoms with Gasteiger partial charge < -0.3 is 13.9 Å². The van der Waals surface area contributed by atoms with Crippen LogP contribution in [0.1, 0.15) is 27.6 Å². The standard InChI is InChI=1S/C14H12O5/c1-9(15)12-7-11(3-4-13(12)17-2)19-14(16)10-5-6-18-8-10/h3-8H,1-2H3. The minimum Gasteiger partial charge on any atom is -0.496 e. The van der Waals surface area contributed by atoms with Crippen LogP contribution in [0.25, 0.3) is 0 Å². The number of rotatable bonds is 4. The first-order chi connectivity index (χ1) is 9.11. The highest BCUT2D eigenvalue weighted by Gasteiger charge is 2.13. The van der Waals surface area contributed by atoms with Crippen LogP contribution in [0.2, 0.25) is 0 Å². The van der Waals surface area contributed by atoms with E-state index < -0.39 is 5.97 Å². The molecule has 0 saturated carbocycles. The van der Waals surface area contributed by atoms with Crippen LogP contribution >= 0.6 is 0 Å². The van der Waals surface area contributed by atoms with Gasteiger partial charge in [-0.3, -0.25) is 4.79 Å². The van der Waals surface area contributed by atoms with Gasteiger partial charge in [0.2, 0.25) is 0 Å². The van der Waals surface area contributed by atoms with Crippen molar-refractivity contribution < 1.29 is 23.5 Å². The number of furan rings is 1. The van der Waals surface area contributed by atoms with Crippen LogP contribution in [0, 0.1) is 0 Å². The van der Waals surface area contributed by atoms with Crippen LogP contribution in [0.3, 0.4) is 0 Å². The minimum absolute atomic E-state index is 0.168. The van der Waals surface area contributed by atoms with Crippen LogP contribution < -0.4 is 9.47 Å². The summed E-state index contributed by atoms with van der Waals surface area (Å²) < 4.78 is 15.0. The van der Waals surface area contributed by atoms with Gasteiger partial charge in [-0.25, -0.2) is 4.79 Å². The van der Waals surface area contributed by atoms with Gasteiger partial charge in [-0.1, -0.05) is 0 Å². The first-order valence-corrected chi connectivity index (χ1v) is 5.55. The Labute approximate surface area is 109 Å². The SMILES string of the molecule is COc1ccc(OC(=O)c2ccoc2)cc1C(C)=O. The molecule has 0 fully saturated rings. The number of hydrogen-bond acceptors (Lipinski definition) is 5. The highest BCUT2D eigenvalue weighted by molar-refractivity contribution is 5.97. The Balaban J connectivity index is 2.24. The number of hydrogen-bond donors (Lipinski definition) is 0. The van der Waals surface area contributed by atoms with Crippen molar-refractivity contribution >= 4 is 11.8 Å². The predicted molar refractivity (Wildman–Crippen MR) is 66.7 cm³/mol. The van der Waals surface area contributed by atoms with E-state index in [4.69, 9.17) is 13.9 Å². The zero-order valence-corrected chi connectivity index (χ0v) is 10.5. The van der Waals surface area contributed by atoms with Crippen molar-refractivity contribution in [3.05, 3.63) is 47.9 Å². The third-order valence-electron chi connectivity index (χ3n) is 2.52. The number of benzene rings is 1. The van der Waals surface area contributed by atoms with Crippen molar-refractivity contribution in [3.8, 4) is 11.5 Å². The summed E-state index contributed by atoms with van der Waals surface area (Å²) in [6.07, 6.45) is 2.67. The van der Waals surface area contributed by atoms with E-state index in [0.717, 1.165) is 0 Å². The molecule has 0 unspecified atom stereocenters. The van der Waals surface area contributed by atoms with Gasteiger partial charge in [0.05, 0.1) is 24.5 Å². The maximum absolute atomic E-state index is 11.7. The molecule has 5 heteroatoms. The second-order valence-corrected chi connectivity index (χ2v) is 3.82. The Hall–Kier alpha value is -2.56. The summed E-state index contributed by atoms with van der Waals surface area (Å²) >= 11 is 0. The van der Waals surface area contributed by atoms with Gasteiger partial charge in [0.1, 0.15) is 17.8 Å². The number of carbonyl (C=O) groups excluding carboxylic acids is 2. The van der Waals surface area contributed by atoms with Crippen molar-refractivity contribution in [2.24, 2.45) is 0 Å². The van der Waals surface area contributed by atoms with E-state index in [1.54, 1.807) is 12.1 Å². The van der Waals surface area contributed by atoms with Gasteiger partial charge in [-0.05, 0) is 31.2 Å². The van der Waals surface area contributed by atoms with E-state index in [2.05, 4.69) is 0 Å². The third kappa shape index (κ3) is 2.82. The highest BCUT2D eigenvalue weighted by Crippen LogP contribution is 2.25. The second-order valence-electron chi connectivity index (χ2n) is 3.82. The van der Waals surface area contributed by atoms with Crippen LogP contribution in [0.15, 0.2) is 41.2 Å². The average molecular weight is 260 g/mol. The molecule has 1 aromatic carbocycles. The molecular formula is C14H12O5. The van der Waals surface area contributed by atoms with Gasteiger partial charge in [-0.15, -0.1) is 0 Å². The van der Waals surface area contributed by atoms with E-state index in [1.165, 1.54) is 38.7 Å². The average Bonchev–Trinajstić information content (AvgIpc) is 2.92. The van der Waals surface area contributed by atoms with Gasteiger partial charge in [0.15, 0.2) is 5.78 Å². The Bertz CT molecular complexity index is 598. The normalized spacial score (nSPS) is 10.0. The van der Waals surface area contributed by atoms with Gasteiger partial charge in [0.25, 0.3) is 0 Å². The zero-order valence-electron chi connectivity index (χ0n) is 10.5. The Morgan fingerprint density at radius 2 is 2.00 bits per heavy atom. The first-order valence-electron chi connectivity index (χ1n) is 5.55. The molecule has 0 radical (unpaired) electrons. The summed E-state index contributed by atoms with van der Waals surface area (Å²) in [5, 5.41) is 0. The lowest BCUT2D eigenvalue weighted by Crippen LogP contribution is -2.08. The third-order valence-corrected chi connectivity index (χ3v) is 2.52. The van der Waals surface area contributed by atoms with Crippen molar-refractivity contribution in [2.45, 2.75) is 6.92 Å². The zero-order chi connectivity index (χ0) is 13.8. The van der Waals surface area contributed by atoms with E-state index >= 15 is 0 Å². The summed E-state index contributed by atoms with van der Waals surface area (Å²) in [5.74, 6) is -0.000658. The highest BCUT2D eigenvalue weighted by atomic mass is 16.5. The van der Waals surface area contributed by atoms with Gasteiger partial charge >= 0.3 is 5.97 Å². The molecule has 1 aromatic heterocycles. The molecule has 2 aromatic rings. The quantitative estimate of drug-likeness (QED) is 0.480. The minimum atomic E-state index is -0.548. The lowest BCUT2D eigenvalue weighted by Gasteiger charge is -2.08. The maximum atomic E-state index is 11.7. The molecule has 0 aliphatic heterocycles. The molecule has 2 rings (SSSR count). The molecule has 19 heavy (non-hydrogen) atoms. The van der Waals surface area contributed by atoms with Crippen LogP contribution in [0.4, 0.5) is 0 Å². The molecule has 0 spiro atoms. The first kappa shape index (κ1) is 12.9. The van der Waals surface area contributed by atoms with Crippen LogP contribution in [0.5, 0.6) is 11.5 Å². The molecule has 5 nitrogen and oxygen atoms in total. The number of esters is 1. The Morgan fingerprint density at radius 3 is 2.58 bits per heavy atom. The largest absolute Gasteiger partial charge is 0.496 e. The topological polar surface area (TPSA) is 65.7 Å². The number of ketones is 1. The molecule has 0 saturated heterocycles. The molecule has 1 heterocycles. The number of ether oxygens (including phenoxy) is 2. The molecule has 0 aliphatic carbocycles. The lowest BCUT2D eigenvalue weighted by molar-refractivity contribution is 0.0732. The molecule has 0 N–H and O–H groups in total. The fourth-order valence-electron chi connectivity index (χ4n) is 1.57. The summed E-state index contributed by atoms with van der Waals surface area (Å²) in [7, 11) is 1.47. The second kappa shape index (κ2) is 5.39. The van der Waals surface area contributed by atoms with Crippen molar-refractivity contribution in [3.63, 3.8) is 0 Å². The smallest absolute Gasteiger partial charge is 0.346 e. The van der Waals surface area contributed by atoms with Gasteiger partial charge in [-0.2, -0.15) is 0 Å². The Morgan fingerprint density at radius 1 is 1.21 bits per heavy atom. The molecule has 0 atom stereocenters. The van der Waals surface area contributed by atoms with E-state index in [-0.39, 0.29) is 11.5 Å². The van der Waals surface area contributed by atoms with Crippen molar-refractivity contribution in [1.29, 1.82) is 0 Å². The van der Waals surface area contributed by atoms with Crippen LogP contribution in [-0.2, 0) is 0 Å². The monoisotopic (exact) mass is 260 g/mol. The molecular weight excluding hydrogens is 248 g/mol. The summed E-state index contributed by atoms with van der Waals surface area (Å²) in [6.45, 7) is 1.42. The summed E-state index contributed by atoms with van der Waals surface area (Å²) in [5.41, 5.74) is 0.667. The van der Waals surface area contributed by atoms with Crippen LogP contribution in [-0.4, -0.2) is 18.9 Å². The number of carbonyl (C=O) groups is 2. The fraction of sp³-hybridized carbons (Fsp3) is 0.143. The molecule has 0 aliphatic rings. The fourth-order valence-corrected chi connectivity index (χ4v) is 1.57. The van der Waals surface area contributed by atoms with Gasteiger partial charge in [0, 0.05) is 0 Å². The van der Waals surface area contributed by atoms with E-state index in [0.29, 0.717) is 16.9 Å². The van der Waals surface area contributed by atoms with Crippen molar-refractivity contribution in [2.75, 3.05) is 7.11 Å². The van der Waals surface area contributed by atoms with Crippen molar-refractivity contribution in [1.82, 2.24) is 0 Å². The van der Waals surface area contributed by atoms with E-state index in [1.807, 2.05) is 0 Å². The lowest BCUT2D eigenvalue weighted by atomic mass is 10.1. The molecule has 0 bridgehead atoms. The number of Topliss-reactive ketones (excluding diaryl/α,β-unsaturated/α-hetero) is 1. The summed E-state index contributed by atoms with van der Waals surface area (Å²) in [4.78, 5) is 23.2. The molecule has 0 amide bonds. The summed E-state index contributed by atoms with van der Waals surface area (Å²) in [6, 6.07) is 6.11. The van der Waals surface area contributed by atoms with E-state index in [9.17, 15) is 9.59 Å². The number of methoxy groups -OCH3 is 1. The predicted octanol–water partition coefficient (Wildman–Crippen LogP) is 2.71. The maximum Gasteiger partial charge on any atom is 0.346 e.